The molecular weight excluding hydrogens is 500 g/mol. The Kier molecular flexibility index (Phi) is 6.12. The lowest BCUT2D eigenvalue weighted by Gasteiger charge is -2.21. The van der Waals surface area contributed by atoms with Crippen LogP contribution in [0.5, 0.6) is 5.75 Å². The van der Waals surface area contributed by atoms with Gasteiger partial charge >= 0.3 is 0 Å². The predicted molar refractivity (Wildman–Crippen MR) is 151 cm³/mol. The molecule has 0 aliphatic heterocycles. The van der Waals surface area contributed by atoms with Gasteiger partial charge in [-0.2, -0.15) is 0 Å². The van der Waals surface area contributed by atoms with E-state index in [0.29, 0.717) is 16.4 Å². The van der Waals surface area contributed by atoms with E-state index in [1.165, 1.54) is 11.3 Å². The molecule has 8 heteroatoms. The molecule has 0 atom stereocenters. The lowest BCUT2D eigenvalue weighted by molar-refractivity contribution is 0.0986. The molecule has 0 unspecified atom stereocenters. The van der Waals surface area contributed by atoms with Gasteiger partial charge in [0.15, 0.2) is 5.13 Å². The van der Waals surface area contributed by atoms with E-state index in [0.717, 1.165) is 42.9 Å². The molecular formula is C29H22N4O2S2. The van der Waals surface area contributed by atoms with Gasteiger partial charge in [0.25, 0.3) is 5.91 Å². The quantitative estimate of drug-likeness (QED) is 0.233. The van der Waals surface area contributed by atoms with E-state index < -0.39 is 0 Å². The highest BCUT2D eigenvalue weighted by atomic mass is 32.1. The number of aryl methyl sites for hydroxylation is 1. The highest BCUT2D eigenvalue weighted by Crippen LogP contribution is 2.38. The molecule has 6 aromatic rings. The summed E-state index contributed by atoms with van der Waals surface area (Å²) in [6.07, 6.45) is 1.74. The number of pyridine rings is 2. The summed E-state index contributed by atoms with van der Waals surface area (Å²) in [4.78, 5) is 31.4. The summed E-state index contributed by atoms with van der Waals surface area (Å²) in [6.45, 7) is 2.32. The van der Waals surface area contributed by atoms with Crippen LogP contribution in [-0.2, 0) is 6.54 Å². The molecule has 0 aliphatic carbocycles. The Balaban J connectivity index is 1.54. The number of aromatic nitrogens is 3. The number of thiazole rings is 1. The Morgan fingerprint density at radius 2 is 1.86 bits per heavy atom. The zero-order valence-electron chi connectivity index (χ0n) is 20.2. The molecule has 6 rings (SSSR count). The number of amides is 1. The van der Waals surface area contributed by atoms with Crippen molar-refractivity contribution in [1.29, 1.82) is 0 Å². The molecule has 0 aliphatic rings. The summed E-state index contributed by atoms with van der Waals surface area (Å²) in [6, 6.07) is 23.3. The number of benzene rings is 2. The zero-order chi connectivity index (χ0) is 25.4. The number of hydrogen-bond donors (Lipinski definition) is 0. The van der Waals surface area contributed by atoms with Crippen LogP contribution in [0.4, 0.5) is 5.13 Å². The minimum absolute atomic E-state index is 0.155. The minimum Gasteiger partial charge on any atom is -0.494 e. The maximum absolute atomic E-state index is 14.4. The van der Waals surface area contributed by atoms with Crippen LogP contribution in [0.15, 0.2) is 84.4 Å². The largest absolute Gasteiger partial charge is 0.494 e. The number of anilines is 1. The average molecular weight is 523 g/mol. The van der Waals surface area contributed by atoms with Crippen LogP contribution in [-0.4, -0.2) is 28.0 Å². The van der Waals surface area contributed by atoms with E-state index in [1.807, 2.05) is 85.1 Å². The molecule has 2 aromatic carbocycles. The molecule has 182 valence electrons. The second-order valence-electron chi connectivity index (χ2n) is 8.52. The first-order chi connectivity index (χ1) is 18.1. The third kappa shape index (κ3) is 4.34. The molecule has 0 saturated heterocycles. The van der Waals surface area contributed by atoms with Crippen molar-refractivity contribution in [3.8, 4) is 16.3 Å². The van der Waals surface area contributed by atoms with E-state index in [-0.39, 0.29) is 12.5 Å². The van der Waals surface area contributed by atoms with Crippen LogP contribution in [0.3, 0.4) is 0 Å². The second-order valence-corrected chi connectivity index (χ2v) is 10.4. The van der Waals surface area contributed by atoms with Crippen LogP contribution in [0.25, 0.3) is 31.7 Å². The van der Waals surface area contributed by atoms with Crippen molar-refractivity contribution in [3.05, 3.63) is 101 Å². The standard InChI is InChI=1S/C29H22N4O2S2/c1-18-12-13-24(35-2)26-27(18)37-29(32-26)33(17-19-8-5-6-14-30-19)28(34)21-16-23(25-11-7-15-36-25)31-22-10-4-3-9-20(21)22/h3-16H,17H2,1-2H3. The highest BCUT2D eigenvalue weighted by molar-refractivity contribution is 7.22. The summed E-state index contributed by atoms with van der Waals surface area (Å²) >= 11 is 3.08. The third-order valence-corrected chi connectivity index (χ3v) is 8.26. The molecule has 4 aromatic heterocycles. The van der Waals surface area contributed by atoms with Gasteiger partial charge in [0.2, 0.25) is 0 Å². The van der Waals surface area contributed by atoms with Crippen molar-refractivity contribution in [2.75, 3.05) is 12.0 Å². The predicted octanol–water partition coefficient (Wildman–Crippen LogP) is 7.13. The Bertz CT molecular complexity index is 1730. The number of nitrogens with zero attached hydrogens (tertiary/aromatic N) is 4. The third-order valence-electron chi connectivity index (χ3n) is 6.15. The molecule has 37 heavy (non-hydrogen) atoms. The van der Waals surface area contributed by atoms with Crippen molar-refractivity contribution >= 4 is 54.8 Å². The topological polar surface area (TPSA) is 68.2 Å². The van der Waals surface area contributed by atoms with Crippen molar-refractivity contribution in [3.63, 3.8) is 0 Å². The van der Waals surface area contributed by atoms with Crippen molar-refractivity contribution < 1.29 is 9.53 Å². The summed E-state index contributed by atoms with van der Waals surface area (Å²) < 4.78 is 6.57. The van der Waals surface area contributed by atoms with Crippen LogP contribution in [0.2, 0.25) is 0 Å². The lowest BCUT2D eigenvalue weighted by atomic mass is 10.1. The summed E-state index contributed by atoms with van der Waals surface area (Å²) in [5, 5.41) is 3.41. The Morgan fingerprint density at radius 1 is 1.00 bits per heavy atom. The molecule has 1 amide bonds. The Labute approximate surface area is 221 Å². The molecule has 6 nitrogen and oxygen atoms in total. The first-order valence-corrected chi connectivity index (χ1v) is 13.4. The van der Waals surface area contributed by atoms with Crippen LogP contribution >= 0.6 is 22.7 Å². The molecule has 0 bridgehead atoms. The van der Waals surface area contributed by atoms with Crippen molar-refractivity contribution in [2.45, 2.75) is 13.5 Å². The van der Waals surface area contributed by atoms with Gasteiger partial charge in [0.05, 0.1) is 45.7 Å². The molecule has 0 N–H and O–H groups in total. The fraction of sp³-hybridized carbons (Fsp3) is 0.103. The molecule has 0 saturated carbocycles. The van der Waals surface area contributed by atoms with Gasteiger partial charge in [0, 0.05) is 11.6 Å². The Morgan fingerprint density at radius 3 is 2.65 bits per heavy atom. The van der Waals surface area contributed by atoms with Crippen LogP contribution < -0.4 is 9.64 Å². The number of hydrogen-bond acceptors (Lipinski definition) is 7. The first kappa shape index (κ1) is 23.3. The van der Waals surface area contributed by atoms with Crippen molar-refractivity contribution in [2.24, 2.45) is 0 Å². The average Bonchev–Trinajstić information content (AvgIpc) is 3.63. The normalized spacial score (nSPS) is 11.2. The fourth-order valence-electron chi connectivity index (χ4n) is 4.31. The number of methoxy groups -OCH3 is 1. The number of thiophene rings is 1. The molecule has 0 spiro atoms. The van der Waals surface area contributed by atoms with Gasteiger partial charge in [-0.25, -0.2) is 9.97 Å². The number of ether oxygens (including phenoxy) is 1. The number of para-hydroxylation sites is 1. The van der Waals surface area contributed by atoms with E-state index in [1.54, 1.807) is 29.5 Å². The van der Waals surface area contributed by atoms with Crippen molar-refractivity contribution in [1.82, 2.24) is 15.0 Å². The van der Waals surface area contributed by atoms with Gasteiger partial charge in [0.1, 0.15) is 11.3 Å². The summed E-state index contributed by atoms with van der Waals surface area (Å²) in [5.41, 5.74) is 4.73. The SMILES string of the molecule is COc1ccc(C)c2sc(N(Cc3ccccn3)C(=O)c3cc(-c4cccs4)nc4ccccc34)nc12. The Hall–Kier alpha value is -4.14. The summed E-state index contributed by atoms with van der Waals surface area (Å²) in [7, 11) is 1.63. The maximum atomic E-state index is 14.4. The monoisotopic (exact) mass is 522 g/mol. The van der Waals surface area contributed by atoms with Gasteiger partial charge in [-0.05, 0) is 54.3 Å². The zero-order valence-corrected chi connectivity index (χ0v) is 21.8. The van der Waals surface area contributed by atoms with E-state index in [2.05, 4.69) is 4.98 Å². The number of carbonyl (C=O) groups is 1. The van der Waals surface area contributed by atoms with Gasteiger partial charge < -0.3 is 4.74 Å². The van der Waals surface area contributed by atoms with Gasteiger partial charge in [-0.3, -0.25) is 14.7 Å². The van der Waals surface area contributed by atoms with E-state index in [4.69, 9.17) is 14.7 Å². The molecule has 0 fully saturated rings. The summed E-state index contributed by atoms with van der Waals surface area (Å²) in [5.74, 6) is 0.528. The maximum Gasteiger partial charge on any atom is 0.261 e. The molecule has 0 radical (unpaired) electrons. The van der Waals surface area contributed by atoms with Gasteiger partial charge in [-0.15, -0.1) is 11.3 Å². The van der Waals surface area contributed by atoms with Gasteiger partial charge in [-0.1, -0.05) is 47.7 Å². The minimum atomic E-state index is -0.155. The van der Waals surface area contributed by atoms with E-state index in [9.17, 15) is 4.79 Å². The first-order valence-electron chi connectivity index (χ1n) is 11.7. The number of carbonyl (C=O) groups excluding carboxylic acids is 1. The fourth-order valence-corrected chi connectivity index (χ4v) is 6.04. The lowest BCUT2D eigenvalue weighted by Crippen LogP contribution is -2.31. The highest BCUT2D eigenvalue weighted by Gasteiger charge is 2.26. The second kappa shape index (κ2) is 9.72. The van der Waals surface area contributed by atoms with Crippen LogP contribution in [0, 0.1) is 6.92 Å². The van der Waals surface area contributed by atoms with Crippen LogP contribution in [0.1, 0.15) is 21.6 Å². The van der Waals surface area contributed by atoms with E-state index >= 15 is 0 Å². The number of fused-ring (bicyclic) bond motifs is 2. The number of rotatable bonds is 6. The smallest absolute Gasteiger partial charge is 0.261 e. The molecule has 4 heterocycles.